The minimum Gasteiger partial charge on any atom is -0.493 e. The number of carbonyl (C=O) groups excluding carboxylic acids is 1. The Balaban J connectivity index is 2.94. The molecule has 0 aliphatic heterocycles. The number of nitrogens with zero attached hydrogens (tertiary/aromatic N) is 1. The summed E-state index contributed by atoms with van der Waals surface area (Å²) in [6, 6.07) is 5.54. The van der Waals surface area contributed by atoms with Crippen LogP contribution in [0.2, 0.25) is 0 Å². The van der Waals surface area contributed by atoms with Crippen LogP contribution in [0.4, 0.5) is 5.69 Å². The van der Waals surface area contributed by atoms with Crippen LogP contribution in [0, 0.1) is 5.41 Å². The number of carbonyl (C=O) groups is 1. The van der Waals surface area contributed by atoms with Gasteiger partial charge in [-0.15, -0.1) is 0 Å². The zero-order valence-electron chi connectivity index (χ0n) is 15.1. The fraction of sp³-hybridized carbons (Fsp3) is 0.529. The first-order valence-corrected chi connectivity index (χ1v) is 8.00. The second-order valence-corrected chi connectivity index (χ2v) is 5.87. The summed E-state index contributed by atoms with van der Waals surface area (Å²) in [4.78, 5) is 15.9. The fourth-order valence-corrected chi connectivity index (χ4v) is 1.82. The molecule has 0 unspecified atom stereocenters. The van der Waals surface area contributed by atoms with Gasteiger partial charge < -0.3 is 25.8 Å². The summed E-state index contributed by atoms with van der Waals surface area (Å²) in [5.41, 5.74) is 5.48. The highest BCUT2D eigenvalue weighted by Gasteiger charge is 2.24. The van der Waals surface area contributed by atoms with E-state index >= 15 is 0 Å². The number of nitrogens with one attached hydrogen (secondary N) is 2. The third-order valence-corrected chi connectivity index (χ3v) is 3.37. The molecule has 0 aliphatic rings. The van der Waals surface area contributed by atoms with Crippen LogP contribution in [-0.2, 0) is 4.79 Å². The minimum absolute atomic E-state index is 0.284. The molecular formula is C17H28N4O3. The second-order valence-electron chi connectivity index (χ2n) is 5.87. The standard InChI is InChI=1S/C17H28N4O3/c1-6-19-16(20-11-17(3,4)15(18)22)21-12-8-9-13(24-7-2)14(10-12)23-5/h8-10H,6-7,11H2,1-5H3,(H2,18,22)(H2,19,20,21). The van der Waals surface area contributed by atoms with Gasteiger partial charge in [0.2, 0.25) is 5.91 Å². The van der Waals surface area contributed by atoms with Crippen molar-refractivity contribution < 1.29 is 14.3 Å². The third kappa shape index (κ3) is 5.64. The highest BCUT2D eigenvalue weighted by Crippen LogP contribution is 2.30. The van der Waals surface area contributed by atoms with Gasteiger partial charge in [0.25, 0.3) is 0 Å². The lowest BCUT2D eigenvalue weighted by atomic mass is 9.93. The first-order valence-electron chi connectivity index (χ1n) is 8.00. The molecule has 0 aromatic heterocycles. The van der Waals surface area contributed by atoms with E-state index in [9.17, 15) is 4.79 Å². The highest BCUT2D eigenvalue weighted by atomic mass is 16.5. The molecule has 0 aliphatic carbocycles. The maximum atomic E-state index is 11.4. The Morgan fingerprint density at radius 1 is 1.29 bits per heavy atom. The zero-order chi connectivity index (χ0) is 18.2. The van der Waals surface area contributed by atoms with Crippen molar-refractivity contribution >= 4 is 17.6 Å². The van der Waals surface area contributed by atoms with Crippen LogP contribution in [-0.4, -0.2) is 38.7 Å². The number of aliphatic imine (C=N–C) groups is 1. The van der Waals surface area contributed by atoms with Gasteiger partial charge in [-0.2, -0.15) is 0 Å². The van der Waals surface area contributed by atoms with Crippen LogP contribution in [0.5, 0.6) is 11.5 Å². The summed E-state index contributed by atoms with van der Waals surface area (Å²) in [7, 11) is 1.59. The van der Waals surface area contributed by atoms with Gasteiger partial charge in [0.05, 0.1) is 25.7 Å². The van der Waals surface area contributed by atoms with Crippen LogP contribution < -0.4 is 25.8 Å². The summed E-state index contributed by atoms with van der Waals surface area (Å²) in [6.07, 6.45) is 0. The van der Waals surface area contributed by atoms with E-state index in [1.54, 1.807) is 21.0 Å². The van der Waals surface area contributed by atoms with E-state index in [1.807, 2.05) is 32.0 Å². The van der Waals surface area contributed by atoms with Gasteiger partial charge in [-0.1, -0.05) is 0 Å². The molecule has 0 bridgehead atoms. The normalized spacial score (nSPS) is 11.8. The molecular weight excluding hydrogens is 308 g/mol. The van der Waals surface area contributed by atoms with Gasteiger partial charge >= 0.3 is 0 Å². The van der Waals surface area contributed by atoms with Gasteiger partial charge in [-0.25, -0.2) is 0 Å². The minimum atomic E-state index is -0.709. The largest absolute Gasteiger partial charge is 0.493 e. The van der Waals surface area contributed by atoms with E-state index in [0.29, 0.717) is 30.6 Å². The molecule has 1 rings (SSSR count). The number of nitrogens with two attached hydrogens (primary N) is 1. The van der Waals surface area contributed by atoms with Crippen molar-refractivity contribution in [1.82, 2.24) is 5.32 Å². The van der Waals surface area contributed by atoms with E-state index in [1.165, 1.54) is 0 Å². The molecule has 1 amide bonds. The lowest BCUT2D eigenvalue weighted by Gasteiger charge is -2.19. The van der Waals surface area contributed by atoms with Crippen LogP contribution in [0.1, 0.15) is 27.7 Å². The number of hydrogen-bond donors (Lipinski definition) is 3. The highest BCUT2D eigenvalue weighted by molar-refractivity contribution is 5.94. The maximum Gasteiger partial charge on any atom is 0.224 e. The van der Waals surface area contributed by atoms with Gasteiger partial charge in [-0.3, -0.25) is 9.79 Å². The maximum absolute atomic E-state index is 11.4. The summed E-state index contributed by atoms with van der Waals surface area (Å²) in [6.45, 7) is 8.96. The zero-order valence-corrected chi connectivity index (χ0v) is 15.1. The molecule has 0 fully saturated rings. The number of rotatable bonds is 8. The Morgan fingerprint density at radius 3 is 2.54 bits per heavy atom. The van der Waals surface area contributed by atoms with Crippen molar-refractivity contribution in [2.24, 2.45) is 16.1 Å². The predicted molar refractivity (Wildman–Crippen MR) is 96.7 cm³/mol. The van der Waals surface area contributed by atoms with Crippen molar-refractivity contribution in [3.05, 3.63) is 18.2 Å². The van der Waals surface area contributed by atoms with Crippen molar-refractivity contribution in [2.45, 2.75) is 27.7 Å². The van der Waals surface area contributed by atoms with E-state index in [0.717, 1.165) is 5.69 Å². The Labute approximate surface area is 143 Å². The van der Waals surface area contributed by atoms with Crippen molar-refractivity contribution in [1.29, 1.82) is 0 Å². The number of anilines is 1. The first kappa shape index (κ1) is 19.6. The molecule has 0 saturated heterocycles. The number of hydrogen-bond acceptors (Lipinski definition) is 4. The number of ether oxygens (including phenoxy) is 2. The SMILES string of the molecule is CCNC(=NCC(C)(C)C(N)=O)Nc1ccc(OCC)c(OC)c1. The van der Waals surface area contributed by atoms with Crippen molar-refractivity contribution in [3.8, 4) is 11.5 Å². The van der Waals surface area contributed by atoms with Gasteiger partial charge in [0.15, 0.2) is 17.5 Å². The van der Waals surface area contributed by atoms with Crippen LogP contribution in [0.15, 0.2) is 23.2 Å². The Kier molecular flexibility index (Phi) is 7.35. The van der Waals surface area contributed by atoms with Gasteiger partial charge in [0.1, 0.15) is 0 Å². The van der Waals surface area contributed by atoms with E-state index in [2.05, 4.69) is 15.6 Å². The van der Waals surface area contributed by atoms with E-state index < -0.39 is 5.41 Å². The molecule has 1 aromatic carbocycles. The molecule has 134 valence electrons. The number of primary amides is 1. The number of amides is 1. The van der Waals surface area contributed by atoms with Crippen LogP contribution in [0.25, 0.3) is 0 Å². The monoisotopic (exact) mass is 336 g/mol. The summed E-state index contributed by atoms with van der Waals surface area (Å²) in [5.74, 6) is 1.50. The number of methoxy groups -OCH3 is 1. The van der Waals surface area contributed by atoms with Crippen LogP contribution >= 0.6 is 0 Å². The number of guanidine groups is 1. The molecule has 0 radical (unpaired) electrons. The molecule has 24 heavy (non-hydrogen) atoms. The molecule has 1 aromatic rings. The Bertz CT molecular complexity index is 585. The summed E-state index contributed by atoms with van der Waals surface area (Å²) < 4.78 is 10.8. The molecule has 7 heteroatoms. The summed E-state index contributed by atoms with van der Waals surface area (Å²) >= 11 is 0. The molecule has 7 nitrogen and oxygen atoms in total. The molecule has 0 saturated carbocycles. The smallest absolute Gasteiger partial charge is 0.224 e. The van der Waals surface area contributed by atoms with Crippen molar-refractivity contribution in [2.75, 3.05) is 32.1 Å². The molecule has 0 atom stereocenters. The molecule has 0 heterocycles. The van der Waals surface area contributed by atoms with Crippen LogP contribution in [0.3, 0.4) is 0 Å². The summed E-state index contributed by atoms with van der Waals surface area (Å²) in [5, 5.41) is 6.32. The fourth-order valence-electron chi connectivity index (χ4n) is 1.82. The second kappa shape index (κ2) is 9.00. The average Bonchev–Trinajstić information content (AvgIpc) is 2.54. The van der Waals surface area contributed by atoms with Crippen molar-refractivity contribution in [3.63, 3.8) is 0 Å². The first-order chi connectivity index (χ1) is 11.3. The lowest BCUT2D eigenvalue weighted by Crippen LogP contribution is -2.37. The average molecular weight is 336 g/mol. The van der Waals surface area contributed by atoms with E-state index in [-0.39, 0.29) is 12.5 Å². The topological polar surface area (TPSA) is 98.0 Å². The predicted octanol–water partition coefficient (Wildman–Crippen LogP) is 1.98. The molecule has 4 N–H and O–H groups in total. The lowest BCUT2D eigenvalue weighted by molar-refractivity contribution is -0.125. The van der Waals surface area contributed by atoms with Gasteiger partial charge in [0, 0.05) is 18.3 Å². The third-order valence-electron chi connectivity index (χ3n) is 3.37. The Morgan fingerprint density at radius 2 is 2.00 bits per heavy atom. The quantitative estimate of drug-likeness (QED) is 0.498. The number of benzene rings is 1. The Hall–Kier alpha value is -2.44. The van der Waals surface area contributed by atoms with E-state index in [4.69, 9.17) is 15.2 Å². The van der Waals surface area contributed by atoms with Gasteiger partial charge in [-0.05, 0) is 39.8 Å². The molecule has 0 spiro atoms.